The molecule has 2 aliphatic rings. The molecule has 3 aromatic rings. The van der Waals surface area contributed by atoms with E-state index < -0.39 is 0 Å². The number of hydrogen-bond acceptors (Lipinski definition) is 4. The number of aromatic nitrogens is 2. The van der Waals surface area contributed by atoms with Crippen molar-refractivity contribution in [2.75, 3.05) is 18.0 Å². The third-order valence-corrected chi connectivity index (χ3v) is 9.06. The van der Waals surface area contributed by atoms with E-state index in [1.807, 2.05) is 71.9 Å². The van der Waals surface area contributed by atoms with Crippen LogP contribution >= 0.6 is 0 Å². The smallest absolute Gasteiger partial charge is 0.162 e. The van der Waals surface area contributed by atoms with E-state index in [1.54, 1.807) is 0 Å². The number of hydrogen-bond donors (Lipinski definition) is 0. The van der Waals surface area contributed by atoms with Crippen molar-refractivity contribution < 1.29 is 0 Å². The quantitative estimate of drug-likeness (QED) is 0.228. The third kappa shape index (κ3) is 13.7. The van der Waals surface area contributed by atoms with Gasteiger partial charge in [-0.2, -0.15) is 0 Å². The van der Waals surface area contributed by atoms with Gasteiger partial charge >= 0.3 is 0 Å². The van der Waals surface area contributed by atoms with Crippen molar-refractivity contribution in [3.63, 3.8) is 0 Å². The Labute approximate surface area is 324 Å². The molecular formula is C49H68N4. The van der Waals surface area contributed by atoms with Crippen LogP contribution in [0.3, 0.4) is 0 Å². The van der Waals surface area contributed by atoms with E-state index in [2.05, 4.69) is 141 Å². The molecule has 4 nitrogen and oxygen atoms in total. The maximum absolute atomic E-state index is 5.17. The molecule has 3 unspecified atom stereocenters. The molecule has 2 aliphatic heterocycles. The minimum Gasteiger partial charge on any atom is -0.368 e. The van der Waals surface area contributed by atoms with Gasteiger partial charge in [0.2, 0.25) is 0 Å². The molecule has 3 atom stereocenters. The summed E-state index contributed by atoms with van der Waals surface area (Å²) in [5, 5.41) is 0. The molecule has 0 N–H and O–H groups in total. The first kappa shape index (κ1) is 44.5. The van der Waals surface area contributed by atoms with E-state index in [0.717, 1.165) is 67.2 Å². The third-order valence-electron chi connectivity index (χ3n) is 9.06. The van der Waals surface area contributed by atoms with Gasteiger partial charge < -0.3 is 9.80 Å². The molecule has 0 radical (unpaired) electrons. The Morgan fingerprint density at radius 2 is 1.51 bits per heavy atom. The van der Waals surface area contributed by atoms with Crippen LogP contribution in [0.5, 0.6) is 0 Å². The van der Waals surface area contributed by atoms with Crippen molar-refractivity contribution in [3.05, 3.63) is 151 Å². The predicted octanol–water partition coefficient (Wildman–Crippen LogP) is 13.8. The van der Waals surface area contributed by atoms with Crippen LogP contribution in [0.25, 0.3) is 22.6 Å². The number of nitrogens with zero attached hydrogens (tertiary/aromatic N) is 4. The van der Waals surface area contributed by atoms with E-state index in [0.29, 0.717) is 17.9 Å². The lowest BCUT2D eigenvalue weighted by atomic mass is 9.91. The van der Waals surface area contributed by atoms with Gasteiger partial charge in [-0.05, 0) is 56.1 Å². The average molecular weight is 713 g/mol. The summed E-state index contributed by atoms with van der Waals surface area (Å²) in [6, 6.07) is 23.2. The highest BCUT2D eigenvalue weighted by atomic mass is 15.2. The van der Waals surface area contributed by atoms with E-state index in [1.165, 1.54) is 16.8 Å². The molecule has 0 amide bonds. The second-order valence-electron chi connectivity index (χ2n) is 12.7. The summed E-state index contributed by atoms with van der Waals surface area (Å²) in [6.07, 6.45) is 26.6. The van der Waals surface area contributed by atoms with E-state index in [4.69, 9.17) is 9.97 Å². The Bertz CT molecular complexity index is 1600. The lowest BCUT2D eigenvalue weighted by molar-refractivity contribution is 0.233. The largest absolute Gasteiger partial charge is 0.368 e. The zero-order valence-corrected chi connectivity index (χ0v) is 34.6. The number of allylic oxidation sites excluding steroid dienone is 8. The molecule has 0 aliphatic carbocycles. The second-order valence-corrected chi connectivity index (χ2v) is 12.7. The highest BCUT2D eigenvalue weighted by Gasteiger charge is 2.24. The van der Waals surface area contributed by atoms with Gasteiger partial charge in [-0.15, -0.1) is 0 Å². The number of fused-ring (bicyclic) bond motifs is 2. The van der Waals surface area contributed by atoms with Gasteiger partial charge in [0.15, 0.2) is 5.82 Å². The molecule has 1 aromatic heterocycles. The van der Waals surface area contributed by atoms with Gasteiger partial charge in [0.25, 0.3) is 0 Å². The normalized spacial score (nSPS) is 22.3. The standard InChI is InChI=1S/C43H50N4.3C2H6/c1-6-9-23-39(8-3)47-27-17-16-18-36-25-24-34(5)32-46(28-26-33(4)29-40(47)30-35(36)7-2)42-31-41(37-19-12-10-13-20-37)44-43(45-42)38-21-14-11-15-22-38;3*1-2/h6,8-16,18-26,28,31,33-34,40H,1,7,17,27,29-30,32H2,2-5H3;3*1-2H3/b18-16-,23-9-,25-24-,28-26-,36-35-,39-8+;;;. The van der Waals surface area contributed by atoms with Crippen LogP contribution in [0.1, 0.15) is 94.9 Å². The van der Waals surface area contributed by atoms with Crippen LogP contribution < -0.4 is 4.90 Å². The summed E-state index contributed by atoms with van der Waals surface area (Å²) in [5.41, 5.74) is 7.17. The van der Waals surface area contributed by atoms with Crippen molar-refractivity contribution in [1.82, 2.24) is 14.9 Å². The molecule has 0 saturated carbocycles. The topological polar surface area (TPSA) is 32.3 Å². The van der Waals surface area contributed by atoms with Crippen LogP contribution in [0, 0.1) is 11.8 Å². The molecule has 0 spiro atoms. The molecule has 53 heavy (non-hydrogen) atoms. The highest BCUT2D eigenvalue weighted by molar-refractivity contribution is 5.68. The Hall–Kier alpha value is -4.70. The lowest BCUT2D eigenvalue weighted by Gasteiger charge is -2.36. The van der Waals surface area contributed by atoms with Gasteiger partial charge in [0.1, 0.15) is 5.82 Å². The van der Waals surface area contributed by atoms with Crippen molar-refractivity contribution in [2.45, 2.75) is 101 Å². The predicted molar refractivity (Wildman–Crippen MR) is 235 cm³/mol. The molecular weight excluding hydrogens is 645 g/mol. The van der Waals surface area contributed by atoms with Gasteiger partial charge in [-0.25, -0.2) is 9.97 Å². The molecule has 2 bridgehead atoms. The first-order chi connectivity index (χ1) is 26.0. The zero-order valence-electron chi connectivity index (χ0n) is 34.6. The molecule has 0 fully saturated rings. The molecule has 284 valence electrons. The minimum atomic E-state index is 0.295. The molecule has 0 saturated heterocycles. The fourth-order valence-electron chi connectivity index (χ4n) is 6.52. The number of rotatable bonds is 7. The van der Waals surface area contributed by atoms with E-state index in [-0.39, 0.29) is 0 Å². The summed E-state index contributed by atoms with van der Waals surface area (Å²) < 4.78 is 0. The number of benzene rings is 2. The molecule has 4 heteroatoms. The van der Waals surface area contributed by atoms with Gasteiger partial charge in [0, 0.05) is 48.2 Å². The van der Waals surface area contributed by atoms with Crippen molar-refractivity contribution >= 4 is 5.82 Å². The van der Waals surface area contributed by atoms with Crippen LogP contribution in [0.4, 0.5) is 5.82 Å². The van der Waals surface area contributed by atoms with Crippen molar-refractivity contribution in [1.29, 1.82) is 0 Å². The Kier molecular flexibility index (Phi) is 21.2. The monoisotopic (exact) mass is 713 g/mol. The van der Waals surface area contributed by atoms with Crippen LogP contribution in [-0.4, -0.2) is 34.0 Å². The maximum Gasteiger partial charge on any atom is 0.162 e. The maximum atomic E-state index is 5.17. The van der Waals surface area contributed by atoms with Gasteiger partial charge in [-0.1, -0.05) is 184 Å². The van der Waals surface area contributed by atoms with E-state index >= 15 is 0 Å². The van der Waals surface area contributed by atoms with E-state index in [9.17, 15) is 0 Å². The summed E-state index contributed by atoms with van der Waals surface area (Å²) in [6.45, 7) is 26.8. The SMILES string of the molecule is C=C/C=C\C(=C/C)N1CC\C=C/C2=C(\CC)CC1CC(C)/C=C\N(c1cc(-c3ccccc3)nc(-c3ccccc3)n1)CC(C)/C=C\2.CC.CC.CC. The summed E-state index contributed by atoms with van der Waals surface area (Å²) in [4.78, 5) is 15.2. The van der Waals surface area contributed by atoms with Gasteiger partial charge in [-0.3, -0.25) is 0 Å². The number of anilines is 1. The second kappa shape index (κ2) is 25.3. The van der Waals surface area contributed by atoms with Gasteiger partial charge in [0.05, 0.1) is 5.69 Å². The lowest BCUT2D eigenvalue weighted by Crippen LogP contribution is -2.36. The van der Waals surface area contributed by atoms with Crippen LogP contribution in [0.15, 0.2) is 151 Å². The summed E-state index contributed by atoms with van der Waals surface area (Å²) >= 11 is 0. The summed E-state index contributed by atoms with van der Waals surface area (Å²) in [5.74, 6) is 2.30. The first-order valence-electron chi connectivity index (χ1n) is 20.2. The Balaban J connectivity index is 0.00000154. The highest BCUT2D eigenvalue weighted by Crippen LogP contribution is 2.31. The fourth-order valence-corrected chi connectivity index (χ4v) is 6.52. The first-order valence-corrected chi connectivity index (χ1v) is 20.2. The molecule has 5 rings (SSSR count). The van der Waals surface area contributed by atoms with Crippen molar-refractivity contribution in [2.24, 2.45) is 11.8 Å². The van der Waals surface area contributed by atoms with Crippen molar-refractivity contribution in [3.8, 4) is 22.6 Å². The Morgan fingerprint density at radius 3 is 2.13 bits per heavy atom. The average Bonchev–Trinajstić information content (AvgIpc) is 3.31. The Morgan fingerprint density at radius 1 is 0.849 bits per heavy atom. The minimum absolute atomic E-state index is 0.295. The zero-order chi connectivity index (χ0) is 39.0. The molecule has 3 heterocycles. The molecule has 2 aromatic carbocycles. The van der Waals surface area contributed by atoms with Crippen LogP contribution in [-0.2, 0) is 0 Å². The summed E-state index contributed by atoms with van der Waals surface area (Å²) in [7, 11) is 0. The fraction of sp³-hybridized carbons (Fsp3) is 0.388. The van der Waals surface area contributed by atoms with Crippen LogP contribution in [0.2, 0.25) is 0 Å².